The van der Waals surface area contributed by atoms with Crippen LogP contribution in [0.4, 0.5) is 5.82 Å². The molecule has 0 bridgehead atoms. The Hall–Kier alpha value is -2.41. The van der Waals surface area contributed by atoms with Crippen LogP contribution in [0.5, 0.6) is 0 Å². The van der Waals surface area contributed by atoms with Crippen molar-refractivity contribution in [3.05, 3.63) is 31.0 Å². The van der Waals surface area contributed by atoms with Crippen molar-refractivity contribution in [1.82, 2.24) is 24.4 Å². The van der Waals surface area contributed by atoms with E-state index in [0.29, 0.717) is 5.92 Å². The largest absolute Gasteiger partial charge is 0.354 e. The fourth-order valence-electron chi connectivity index (χ4n) is 3.34. The first-order chi connectivity index (χ1) is 11.2. The minimum absolute atomic E-state index is 0.548. The third kappa shape index (κ3) is 2.57. The molecule has 1 fully saturated rings. The molecule has 0 saturated carbocycles. The lowest BCUT2D eigenvalue weighted by atomic mass is 9.98. The number of rotatable bonds is 3. The van der Waals surface area contributed by atoms with E-state index in [1.54, 1.807) is 11.0 Å². The van der Waals surface area contributed by atoms with E-state index >= 15 is 0 Å². The molecule has 4 heterocycles. The average Bonchev–Trinajstić information content (AvgIpc) is 3.20. The normalized spacial score (nSPS) is 18.7. The second-order valence-corrected chi connectivity index (χ2v) is 6.23. The maximum Gasteiger partial charge on any atom is 0.156 e. The lowest BCUT2D eigenvalue weighted by Gasteiger charge is -2.33. The Bertz CT molecular complexity index is 819. The summed E-state index contributed by atoms with van der Waals surface area (Å²) in [4.78, 5) is 6.88. The van der Waals surface area contributed by atoms with Gasteiger partial charge in [-0.2, -0.15) is 10.2 Å². The molecule has 3 aromatic heterocycles. The maximum atomic E-state index is 5.86. The highest BCUT2D eigenvalue weighted by molar-refractivity contribution is 5.77. The Morgan fingerprint density at radius 1 is 1.26 bits per heavy atom. The fraction of sp³-hybridized carbons (Fsp3) is 0.438. The van der Waals surface area contributed by atoms with Gasteiger partial charge in [0, 0.05) is 43.7 Å². The predicted octanol–water partition coefficient (Wildman–Crippen LogP) is 1.30. The predicted molar refractivity (Wildman–Crippen MR) is 89.2 cm³/mol. The average molecular weight is 311 g/mol. The lowest BCUT2D eigenvalue weighted by Crippen LogP contribution is -2.39. The number of aromatic nitrogens is 5. The van der Waals surface area contributed by atoms with Gasteiger partial charge in [0.2, 0.25) is 0 Å². The van der Waals surface area contributed by atoms with E-state index in [9.17, 15) is 0 Å². The number of anilines is 1. The van der Waals surface area contributed by atoms with Gasteiger partial charge in [-0.15, -0.1) is 0 Å². The molecule has 1 atom stereocenters. The topological polar surface area (TPSA) is 77.3 Å². The smallest absolute Gasteiger partial charge is 0.156 e. The van der Waals surface area contributed by atoms with Gasteiger partial charge in [0.25, 0.3) is 0 Å². The van der Waals surface area contributed by atoms with Gasteiger partial charge in [-0.05, 0) is 31.4 Å². The maximum absolute atomic E-state index is 5.86. The number of nitrogens with zero attached hydrogens (tertiary/aromatic N) is 6. The SMILES string of the molecule is Cn1cc(-c2cc3c(N4CCCC(CN)C4)ncnn3c2)cn1. The molecule has 1 aliphatic heterocycles. The van der Waals surface area contributed by atoms with Crippen molar-refractivity contribution in [3.63, 3.8) is 0 Å². The summed E-state index contributed by atoms with van der Waals surface area (Å²) in [6, 6.07) is 2.14. The Balaban J connectivity index is 1.74. The van der Waals surface area contributed by atoms with Crippen LogP contribution in [0.25, 0.3) is 16.6 Å². The molecule has 120 valence electrons. The summed E-state index contributed by atoms with van der Waals surface area (Å²) < 4.78 is 3.71. The van der Waals surface area contributed by atoms with Gasteiger partial charge in [-0.1, -0.05) is 0 Å². The van der Waals surface area contributed by atoms with Crippen LogP contribution < -0.4 is 10.6 Å². The first-order valence-electron chi connectivity index (χ1n) is 8.02. The Morgan fingerprint density at radius 2 is 2.17 bits per heavy atom. The van der Waals surface area contributed by atoms with Crippen LogP contribution in [0, 0.1) is 5.92 Å². The molecule has 3 aromatic rings. The Labute approximate surface area is 134 Å². The summed E-state index contributed by atoms with van der Waals surface area (Å²) >= 11 is 0. The molecule has 7 heteroatoms. The Kier molecular flexibility index (Phi) is 3.49. The number of hydrogen-bond donors (Lipinski definition) is 1. The monoisotopic (exact) mass is 311 g/mol. The molecule has 0 aliphatic carbocycles. The van der Waals surface area contributed by atoms with E-state index in [1.165, 1.54) is 6.42 Å². The summed E-state index contributed by atoms with van der Waals surface area (Å²) in [5, 5.41) is 8.60. The molecular formula is C16H21N7. The van der Waals surface area contributed by atoms with Gasteiger partial charge in [-0.25, -0.2) is 9.50 Å². The van der Waals surface area contributed by atoms with Crippen molar-refractivity contribution in [3.8, 4) is 11.1 Å². The molecule has 0 aromatic carbocycles. The molecule has 1 unspecified atom stereocenters. The molecular weight excluding hydrogens is 290 g/mol. The molecule has 23 heavy (non-hydrogen) atoms. The first-order valence-corrected chi connectivity index (χ1v) is 8.02. The van der Waals surface area contributed by atoms with Gasteiger partial charge >= 0.3 is 0 Å². The van der Waals surface area contributed by atoms with E-state index < -0.39 is 0 Å². The summed E-state index contributed by atoms with van der Waals surface area (Å²) in [5.74, 6) is 1.54. The molecule has 1 saturated heterocycles. The summed E-state index contributed by atoms with van der Waals surface area (Å²) in [6.07, 6.45) is 9.90. The standard InChI is InChI=1S/C16H21N7/c1-21-9-14(7-19-21)13-5-15-16(18-11-20-23(15)10-13)22-4-2-3-12(6-17)8-22/h5,7,9-12H,2-4,6,8,17H2,1H3. The van der Waals surface area contributed by atoms with E-state index in [4.69, 9.17) is 5.73 Å². The van der Waals surface area contributed by atoms with Gasteiger partial charge in [0.1, 0.15) is 11.8 Å². The second-order valence-electron chi connectivity index (χ2n) is 6.23. The van der Waals surface area contributed by atoms with Crippen molar-refractivity contribution >= 4 is 11.3 Å². The third-order valence-electron chi connectivity index (χ3n) is 4.58. The number of nitrogens with two attached hydrogens (primary N) is 1. The first kappa shape index (κ1) is 14.2. The van der Waals surface area contributed by atoms with Crippen LogP contribution in [0.3, 0.4) is 0 Å². The fourth-order valence-corrected chi connectivity index (χ4v) is 3.34. The van der Waals surface area contributed by atoms with Gasteiger partial charge < -0.3 is 10.6 Å². The highest BCUT2D eigenvalue weighted by atomic mass is 15.3. The van der Waals surface area contributed by atoms with Crippen molar-refractivity contribution in [2.45, 2.75) is 12.8 Å². The second kappa shape index (κ2) is 5.66. The van der Waals surface area contributed by atoms with Gasteiger partial charge in [0.15, 0.2) is 5.82 Å². The highest BCUT2D eigenvalue weighted by Gasteiger charge is 2.22. The van der Waals surface area contributed by atoms with E-state index in [0.717, 1.165) is 48.5 Å². The molecule has 1 aliphatic rings. The lowest BCUT2D eigenvalue weighted by molar-refractivity contribution is 0.422. The van der Waals surface area contributed by atoms with Crippen LogP contribution in [0.15, 0.2) is 31.0 Å². The van der Waals surface area contributed by atoms with E-state index in [-0.39, 0.29) is 0 Å². The number of hydrogen-bond acceptors (Lipinski definition) is 5. The molecule has 7 nitrogen and oxygen atoms in total. The highest BCUT2D eigenvalue weighted by Crippen LogP contribution is 2.28. The molecule has 0 spiro atoms. The summed E-state index contributed by atoms with van der Waals surface area (Å²) in [7, 11) is 1.92. The molecule has 2 N–H and O–H groups in total. The zero-order valence-electron chi connectivity index (χ0n) is 13.3. The van der Waals surface area contributed by atoms with E-state index in [1.807, 2.05) is 30.2 Å². The van der Waals surface area contributed by atoms with E-state index in [2.05, 4.69) is 26.1 Å². The molecule has 4 rings (SSSR count). The third-order valence-corrected chi connectivity index (χ3v) is 4.58. The van der Waals surface area contributed by atoms with Crippen molar-refractivity contribution in [1.29, 1.82) is 0 Å². The minimum atomic E-state index is 0.548. The Morgan fingerprint density at radius 3 is 2.96 bits per heavy atom. The number of aryl methyl sites for hydroxylation is 1. The number of piperidine rings is 1. The number of fused-ring (bicyclic) bond motifs is 1. The van der Waals surface area contributed by atoms with Crippen LogP contribution >= 0.6 is 0 Å². The van der Waals surface area contributed by atoms with Crippen LogP contribution in [0.1, 0.15) is 12.8 Å². The zero-order valence-corrected chi connectivity index (χ0v) is 13.3. The van der Waals surface area contributed by atoms with Gasteiger partial charge in [-0.3, -0.25) is 4.68 Å². The van der Waals surface area contributed by atoms with Crippen molar-refractivity contribution in [2.24, 2.45) is 18.7 Å². The minimum Gasteiger partial charge on any atom is -0.354 e. The summed E-state index contributed by atoms with van der Waals surface area (Å²) in [5.41, 5.74) is 9.09. The van der Waals surface area contributed by atoms with Gasteiger partial charge in [0.05, 0.1) is 6.20 Å². The van der Waals surface area contributed by atoms with Crippen LogP contribution in [0.2, 0.25) is 0 Å². The van der Waals surface area contributed by atoms with Crippen LogP contribution in [-0.2, 0) is 7.05 Å². The zero-order chi connectivity index (χ0) is 15.8. The summed E-state index contributed by atoms with van der Waals surface area (Å²) in [6.45, 7) is 2.73. The van der Waals surface area contributed by atoms with Crippen molar-refractivity contribution < 1.29 is 0 Å². The van der Waals surface area contributed by atoms with Crippen molar-refractivity contribution in [2.75, 3.05) is 24.5 Å². The molecule has 0 radical (unpaired) electrons. The van der Waals surface area contributed by atoms with Crippen LogP contribution in [-0.4, -0.2) is 44.0 Å². The molecule has 0 amide bonds. The quantitative estimate of drug-likeness (QED) is 0.789.